The van der Waals surface area contributed by atoms with Gasteiger partial charge in [0.15, 0.2) is 0 Å². The summed E-state index contributed by atoms with van der Waals surface area (Å²) in [7, 11) is 0. The first-order valence-corrected chi connectivity index (χ1v) is 8.13. The largest absolute Gasteiger partial charge is 0.506 e. The topological polar surface area (TPSA) is 83.7 Å². The van der Waals surface area contributed by atoms with E-state index in [2.05, 4.69) is 17.5 Å². The van der Waals surface area contributed by atoms with Crippen molar-refractivity contribution in [1.29, 1.82) is 0 Å². The van der Waals surface area contributed by atoms with Gasteiger partial charge in [-0.25, -0.2) is 5.43 Å². The molecule has 0 aliphatic heterocycles. The normalized spacial score (nSPS) is 10.6. The molecule has 1 heterocycles. The minimum atomic E-state index is -0.700. The van der Waals surface area contributed by atoms with Crippen LogP contribution in [-0.2, 0) is 6.54 Å². The van der Waals surface area contributed by atoms with Crippen LogP contribution >= 0.6 is 0 Å². The highest BCUT2D eigenvalue weighted by Crippen LogP contribution is 2.26. The maximum absolute atomic E-state index is 12.8. The second-order valence-electron chi connectivity index (χ2n) is 5.90. The predicted octanol–water partition coefficient (Wildman–Crippen LogP) is 3.02. The van der Waals surface area contributed by atoms with Crippen molar-refractivity contribution < 1.29 is 9.90 Å². The van der Waals surface area contributed by atoms with Gasteiger partial charge >= 0.3 is 0 Å². The molecule has 0 aliphatic rings. The summed E-state index contributed by atoms with van der Waals surface area (Å²) in [6, 6.07) is 7.05. The maximum atomic E-state index is 12.8. The van der Waals surface area contributed by atoms with Gasteiger partial charge in [-0.3, -0.25) is 9.59 Å². The molecule has 2 aromatic rings. The molecule has 0 fully saturated rings. The summed E-state index contributed by atoms with van der Waals surface area (Å²) >= 11 is 0. The number of fused-ring (bicyclic) bond motifs is 1. The van der Waals surface area contributed by atoms with Crippen molar-refractivity contribution in [3.8, 4) is 5.75 Å². The van der Waals surface area contributed by atoms with Gasteiger partial charge in [-0.1, -0.05) is 31.9 Å². The van der Waals surface area contributed by atoms with Crippen LogP contribution in [0.5, 0.6) is 5.75 Å². The third-order valence-corrected chi connectivity index (χ3v) is 3.74. The smallest absolute Gasteiger partial charge is 0.280 e. The van der Waals surface area contributed by atoms with E-state index in [1.165, 1.54) is 0 Å². The van der Waals surface area contributed by atoms with Gasteiger partial charge < -0.3 is 9.67 Å². The van der Waals surface area contributed by atoms with E-state index in [9.17, 15) is 14.7 Å². The molecule has 0 atom stereocenters. The van der Waals surface area contributed by atoms with E-state index in [0.717, 1.165) is 19.3 Å². The minimum Gasteiger partial charge on any atom is -0.506 e. The first-order chi connectivity index (χ1) is 11.5. The Kier molecular flexibility index (Phi) is 5.73. The lowest BCUT2D eigenvalue weighted by atomic mass is 10.1. The number of nitrogens with one attached hydrogen (secondary N) is 1. The fourth-order valence-electron chi connectivity index (χ4n) is 2.55. The van der Waals surface area contributed by atoms with Gasteiger partial charge in [0, 0.05) is 17.6 Å². The third-order valence-electron chi connectivity index (χ3n) is 3.74. The molecule has 128 valence electrons. The van der Waals surface area contributed by atoms with Crippen molar-refractivity contribution in [3.05, 3.63) is 40.2 Å². The SMILES string of the molecule is CCCCCn1c(=O)c(C(=O)NN=C(C)C)c(O)c2ccccc21. The number of amides is 1. The van der Waals surface area contributed by atoms with Crippen molar-refractivity contribution in [2.24, 2.45) is 5.10 Å². The van der Waals surface area contributed by atoms with E-state index in [0.29, 0.717) is 23.2 Å². The molecule has 1 aromatic carbocycles. The van der Waals surface area contributed by atoms with Crippen molar-refractivity contribution in [1.82, 2.24) is 9.99 Å². The van der Waals surface area contributed by atoms with E-state index in [-0.39, 0.29) is 11.3 Å². The van der Waals surface area contributed by atoms with E-state index < -0.39 is 11.5 Å². The molecule has 2 rings (SSSR count). The molecule has 1 amide bonds. The highest BCUT2D eigenvalue weighted by molar-refractivity contribution is 6.02. The molecule has 1 aromatic heterocycles. The Balaban J connectivity index is 2.60. The number of carbonyl (C=O) groups is 1. The maximum Gasteiger partial charge on any atom is 0.280 e. The van der Waals surface area contributed by atoms with Crippen molar-refractivity contribution in [2.75, 3.05) is 0 Å². The van der Waals surface area contributed by atoms with Crippen molar-refractivity contribution in [3.63, 3.8) is 0 Å². The Labute approximate surface area is 140 Å². The lowest BCUT2D eigenvalue weighted by molar-refractivity contribution is 0.0950. The Hall–Kier alpha value is -2.63. The number of carbonyl (C=O) groups excluding carboxylic acids is 1. The fraction of sp³-hybridized carbons (Fsp3) is 0.389. The van der Waals surface area contributed by atoms with E-state index in [4.69, 9.17) is 0 Å². The van der Waals surface area contributed by atoms with E-state index >= 15 is 0 Å². The molecule has 0 bridgehead atoms. The molecule has 24 heavy (non-hydrogen) atoms. The van der Waals surface area contributed by atoms with Gasteiger partial charge in [0.1, 0.15) is 11.3 Å². The molecule has 0 spiro atoms. The van der Waals surface area contributed by atoms with Crippen LogP contribution in [0.3, 0.4) is 0 Å². The van der Waals surface area contributed by atoms with Crippen LogP contribution in [-0.4, -0.2) is 21.3 Å². The molecule has 6 heteroatoms. The Bertz CT molecular complexity index is 833. The van der Waals surface area contributed by atoms with Crippen LogP contribution in [0.25, 0.3) is 10.9 Å². The number of para-hydroxylation sites is 1. The van der Waals surface area contributed by atoms with Gasteiger partial charge in [-0.05, 0) is 32.4 Å². The molecular formula is C18H23N3O3. The number of hydrogen-bond donors (Lipinski definition) is 2. The molecular weight excluding hydrogens is 306 g/mol. The Morgan fingerprint density at radius 2 is 1.96 bits per heavy atom. The Morgan fingerprint density at radius 3 is 2.62 bits per heavy atom. The van der Waals surface area contributed by atoms with Gasteiger partial charge in [0.05, 0.1) is 5.52 Å². The number of benzene rings is 1. The lowest BCUT2D eigenvalue weighted by Crippen LogP contribution is -2.32. The average molecular weight is 329 g/mol. The first kappa shape index (κ1) is 17.7. The Morgan fingerprint density at radius 1 is 1.25 bits per heavy atom. The van der Waals surface area contributed by atoms with Crippen molar-refractivity contribution in [2.45, 2.75) is 46.6 Å². The minimum absolute atomic E-state index is 0.268. The quantitative estimate of drug-likeness (QED) is 0.485. The summed E-state index contributed by atoms with van der Waals surface area (Å²) in [5.41, 5.74) is 2.82. The highest BCUT2D eigenvalue weighted by Gasteiger charge is 2.21. The molecule has 6 nitrogen and oxygen atoms in total. The summed E-state index contributed by atoms with van der Waals surface area (Å²) < 4.78 is 1.56. The number of hydrogen-bond acceptors (Lipinski definition) is 4. The number of unbranched alkanes of at least 4 members (excludes halogenated alkanes) is 2. The first-order valence-electron chi connectivity index (χ1n) is 8.13. The van der Waals surface area contributed by atoms with Gasteiger partial charge in [0.25, 0.3) is 11.5 Å². The molecule has 0 saturated heterocycles. The fourth-order valence-corrected chi connectivity index (χ4v) is 2.55. The van der Waals surface area contributed by atoms with E-state index in [1.807, 2.05) is 6.07 Å². The second-order valence-corrected chi connectivity index (χ2v) is 5.90. The lowest BCUT2D eigenvalue weighted by Gasteiger charge is -2.14. The molecule has 2 N–H and O–H groups in total. The second kappa shape index (κ2) is 7.77. The molecule has 0 aliphatic carbocycles. The van der Waals surface area contributed by atoms with Gasteiger partial charge in [-0.15, -0.1) is 0 Å². The zero-order valence-corrected chi connectivity index (χ0v) is 14.3. The van der Waals surface area contributed by atoms with Crippen LogP contribution in [0.15, 0.2) is 34.2 Å². The molecule has 0 unspecified atom stereocenters. The van der Waals surface area contributed by atoms with Crippen LogP contribution in [0.1, 0.15) is 50.4 Å². The van der Waals surface area contributed by atoms with Crippen LogP contribution in [0.2, 0.25) is 0 Å². The third kappa shape index (κ3) is 3.64. The number of hydrazone groups is 1. The number of aryl methyl sites for hydroxylation is 1. The number of aromatic hydroxyl groups is 1. The number of pyridine rings is 1. The molecule has 0 radical (unpaired) electrons. The number of rotatable bonds is 6. The standard InChI is InChI=1S/C18H23N3O3/c1-4-5-8-11-21-14-10-7-6-9-13(14)16(22)15(18(21)24)17(23)20-19-12(2)3/h6-7,9-10,22H,4-5,8,11H2,1-3H3,(H,20,23). The summed E-state index contributed by atoms with van der Waals surface area (Å²) in [6.45, 7) is 6.04. The predicted molar refractivity (Wildman–Crippen MR) is 95.6 cm³/mol. The summed E-state index contributed by atoms with van der Waals surface area (Å²) in [4.78, 5) is 25.1. The zero-order chi connectivity index (χ0) is 17.7. The van der Waals surface area contributed by atoms with Crippen molar-refractivity contribution >= 4 is 22.5 Å². The van der Waals surface area contributed by atoms with E-state index in [1.54, 1.807) is 36.6 Å². The highest BCUT2D eigenvalue weighted by atomic mass is 16.3. The number of aromatic nitrogens is 1. The van der Waals surface area contributed by atoms with Gasteiger partial charge in [-0.2, -0.15) is 5.10 Å². The molecule has 0 saturated carbocycles. The number of nitrogens with zero attached hydrogens (tertiary/aromatic N) is 2. The van der Waals surface area contributed by atoms with Gasteiger partial charge in [0.2, 0.25) is 0 Å². The monoisotopic (exact) mass is 329 g/mol. The summed E-state index contributed by atoms with van der Waals surface area (Å²) in [5.74, 6) is -1.00. The van der Waals surface area contributed by atoms with Crippen LogP contribution < -0.4 is 11.0 Å². The zero-order valence-electron chi connectivity index (χ0n) is 14.3. The average Bonchev–Trinajstić information content (AvgIpc) is 2.56. The summed E-state index contributed by atoms with van der Waals surface area (Å²) in [6.07, 6.45) is 2.85. The van der Waals surface area contributed by atoms with Crippen LogP contribution in [0, 0.1) is 0 Å². The van der Waals surface area contributed by atoms with Crippen LogP contribution in [0.4, 0.5) is 0 Å². The summed E-state index contributed by atoms with van der Waals surface area (Å²) in [5, 5.41) is 14.7.